The van der Waals surface area contributed by atoms with Crippen LogP contribution in [0.1, 0.15) is 19.8 Å². The Balaban J connectivity index is 4.15. The third-order valence-electron chi connectivity index (χ3n) is 1.89. The second-order valence-electron chi connectivity index (χ2n) is 3.47. The number of aliphatic carboxylic acids is 2. The predicted octanol–water partition coefficient (Wildman–Crippen LogP) is 0.730. The van der Waals surface area contributed by atoms with Gasteiger partial charge in [-0.1, -0.05) is 6.92 Å². The molecule has 0 aromatic heterocycles. The minimum atomic E-state index is -1.25. The summed E-state index contributed by atoms with van der Waals surface area (Å²) >= 11 is 1.62. The lowest BCUT2D eigenvalue weighted by Crippen LogP contribution is -2.40. The standard InChI is InChI=1S/C11H17NO5S/c1-2-6-18-7-5-8(11(16)17)12-9(13)3-4-10(14)15/h3-4,8H,2,5-7H2,1H3,(H,12,13)(H,14,15)(H,16,17). The van der Waals surface area contributed by atoms with Crippen molar-refractivity contribution in [3.8, 4) is 0 Å². The molecule has 6 nitrogen and oxygen atoms in total. The van der Waals surface area contributed by atoms with Gasteiger partial charge >= 0.3 is 11.9 Å². The summed E-state index contributed by atoms with van der Waals surface area (Å²) < 4.78 is 0. The number of carbonyl (C=O) groups excluding carboxylic acids is 1. The Morgan fingerprint density at radius 2 is 1.89 bits per heavy atom. The molecule has 1 unspecified atom stereocenters. The number of hydrogen-bond acceptors (Lipinski definition) is 4. The monoisotopic (exact) mass is 275 g/mol. The van der Waals surface area contributed by atoms with E-state index < -0.39 is 23.9 Å². The van der Waals surface area contributed by atoms with Crippen molar-refractivity contribution >= 4 is 29.6 Å². The van der Waals surface area contributed by atoms with Gasteiger partial charge in [0.25, 0.3) is 0 Å². The van der Waals surface area contributed by atoms with E-state index >= 15 is 0 Å². The molecule has 0 saturated carbocycles. The van der Waals surface area contributed by atoms with Gasteiger partial charge < -0.3 is 15.5 Å². The van der Waals surface area contributed by atoms with Crippen LogP contribution in [0.25, 0.3) is 0 Å². The lowest BCUT2D eigenvalue weighted by Gasteiger charge is -2.12. The summed E-state index contributed by atoms with van der Waals surface area (Å²) in [7, 11) is 0. The third kappa shape index (κ3) is 8.63. The summed E-state index contributed by atoms with van der Waals surface area (Å²) in [4.78, 5) is 32.3. The van der Waals surface area contributed by atoms with Crippen molar-refractivity contribution in [1.82, 2.24) is 5.32 Å². The van der Waals surface area contributed by atoms with Gasteiger partial charge in [0.05, 0.1) is 0 Å². The molecule has 0 aromatic carbocycles. The van der Waals surface area contributed by atoms with E-state index in [1.54, 1.807) is 11.8 Å². The number of carboxylic acids is 2. The second-order valence-corrected chi connectivity index (χ2v) is 4.70. The fraction of sp³-hybridized carbons (Fsp3) is 0.545. The highest BCUT2D eigenvalue weighted by Crippen LogP contribution is 2.06. The van der Waals surface area contributed by atoms with Crippen LogP contribution < -0.4 is 5.32 Å². The largest absolute Gasteiger partial charge is 0.480 e. The molecular formula is C11H17NO5S. The first-order chi connectivity index (χ1) is 8.47. The Bertz CT molecular complexity index is 329. The molecule has 0 radical (unpaired) electrons. The van der Waals surface area contributed by atoms with Crippen molar-refractivity contribution < 1.29 is 24.6 Å². The van der Waals surface area contributed by atoms with Gasteiger partial charge in [0.1, 0.15) is 6.04 Å². The smallest absolute Gasteiger partial charge is 0.328 e. The van der Waals surface area contributed by atoms with Crippen LogP contribution in [0, 0.1) is 0 Å². The van der Waals surface area contributed by atoms with Gasteiger partial charge in [-0.25, -0.2) is 9.59 Å². The molecule has 1 amide bonds. The molecule has 18 heavy (non-hydrogen) atoms. The van der Waals surface area contributed by atoms with Crippen LogP contribution in [0.5, 0.6) is 0 Å². The molecule has 7 heteroatoms. The highest BCUT2D eigenvalue weighted by molar-refractivity contribution is 7.99. The lowest BCUT2D eigenvalue weighted by atomic mass is 10.2. The van der Waals surface area contributed by atoms with Crippen molar-refractivity contribution in [3.05, 3.63) is 12.2 Å². The highest BCUT2D eigenvalue weighted by atomic mass is 32.2. The molecule has 0 heterocycles. The van der Waals surface area contributed by atoms with Crippen molar-refractivity contribution in [2.45, 2.75) is 25.8 Å². The average Bonchev–Trinajstić information content (AvgIpc) is 2.30. The first-order valence-corrected chi connectivity index (χ1v) is 6.65. The van der Waals surface area contributed by atoms with E-state index in [-0.39, 0.29) is 0 Å². The van der Waals surface area contributed by atoms with Gasteiger partial charge in [0, 0.05) is 12.2 Å². The Kier molecular flexibility index (Phi) is 8.73. The van der Waals surface area contributed by atoms with E-state index in [1.165, 1.54) is 0 Å². The summed E-state index contributed by atoms with van der Waals surface area (Å²) in [6.07, 6.45) is 2.79. The van der Waals surface area contributed by atoms with Gasteiger partial charge in [-0.05, 0) is 24.3 Å². The maximum absolute atomic E-state index is 11.2. The molecule has 0 aliphatic heterocycles. The van der Waals surface area contributed by atoms with E-state index in [2.05, 4.69) is 5.32 Å². The lowest BCUT2D eigenvalue weighted by molar-refractivity contribution is -0.141. The Morgan fingerprint density at radius 3 is 2.39 bits per heavy atom. The van der Waals surface area contributed by atoms with Gasteiger partial charge in [-0.3, -0.25) is 4.79 Å². The van der Waals surface area contributed by atoms with Crippen LogP contribution in [0.4, 0.5) is 0 Å². The van der Waals surface area contributed by atoms with Gasteiger partial charge in [-0.15, -0.1) is 0 Å². The van der Waals surface area contributed by atoms with Crippen LogP contribution in [-0.4, -0.2) is 45.6 Å². The molecule has 0 rings (SSSR count). The summed E-state index contributed by atoms with van der Waals surface area (Å²) in [5.74, 6) is -1.52. The third-order valence-corrected chi connectivity index (χ3v) is 3.11. The molecule has 102 valence electrons. The maximum Gasteiger partial charge on any atom is 0.328 e. The van der Waals surface area contributed by atoms with Crippen LogP contribution in [-0.2, 0) is 14.4 Å². The van der Waals surface area contributed by atoms with Crippen molar-refractivity contribution in [2.24, 2.45) is 0 Å². The first-order valence-electron chi connectivity index (χ1n) is 5.49. The molecular weight excluding hydrogens is 258 g/mol. The van der Waals surface area contributed by atoms with Crippen LogP contribution >= 0.6 is 11.8 Å². The number of hydrogen-bond donors (Lipinski definition) is 3. The second kappa shape index (κ2) is 9.52. The van der Waals surface area contributed by atoms with E-state index in [0.717, 1.165) is 18.2 Å². The molecule has 0 aromatic rings. The summed E-state index contributed by atoms with van der Waals surface area (Å²) in [6.45, 7) is 2.03. The normalized spacial score (nSPS) is 12.3. The minimum absolute atomic E-state index is 0.312. The van der Waals surface area contributed by atoms with E-state index in [4.69, 9.17) is 10.2 Å². The van der Waals surface area contributed by atoms with Crippen LogP contribution in [0.2, 0.25) is 0 Å². The van der Waals surface area contributed by atoms with E-state index in [1.807, 2.05) is 6.92 Å². The fourth-order valence-corrected chi connectivity index (χ4v) is 1.97. The maximum atomic E-state index is 11.2. The first kappa shape index (κ1) is 16.5. The quantitative estimate of drug-likeness (QED) is 0.423. The molecule has 3 N–H and O–H groups in total. The molecule has 0 fully saturated rings. The summed E-state index contributed by atoms with van der Waals surface area (Å²) in [6, 6.07) is -0.986. The van der Waals surface area contributed by atoms with Gasteiger partial charge in [-0.2, -0.15) is 11.8 Å². The van der Waals surface area contributed by atoms with Crippen LogP contribution in [0.3, 0.4) is 0 Å². The molecule has 0 spiro atoms. The average molecular weight is 275 g/mol. The zero-order chi connectivity index (χ0) is 14.0. The molecule has 0 saturated heterocycles. The zero-order valence-corrected chi connectivity index (χ0v) is 10.9. The van der Waals surface area contributed by atoms with E-state index in [0.29, 0.717) is 18.2 Å². The topological polar surface area (TPSA) is 104 Å². The number of nitrogens with one attached hydrogen (secondary N) is 1. The fourth-order valence-electron chi connectivity index (χ4n) is 1.07. The van der Waals surface area contributed by atoms with E-state index in [9.17, 15) is 14.4 Å². The Morgan fingerprint density at radius 1 is 1.22 bits per heavy atom. The molecule has 0 bridgehead atoms. The highest BCUT2D eigenvalue weighted by Gasteiger charge is 2.18. The number of amides is 1. The summed E-state index contributed by atoms with van der Waals surface area (Å²) in [5, 5.41) is 19.5. The Hall–Kier alpha value is -1.50. The Labute approximate surface area is 109 Å². The number of carbonyl (C=O) groups is 3. The van der Waals surface area contributed by atoms with Crippen LogP contribution in [0.15, 0.2) is 12.2 Å². The molecule has 1 atom stereocenters. The summed E-state index contributed by atoms with van der Waals surface area (Å²) in [5.41, 5.74) is 0. The zero-order valence-electron chi connectivity index (χ0n) is 10.1. The number of rotatable bonds is 9. The minimum Gasteiger partial charge on any atom is -0.480 e. The number of carboxylic acid groups (broad SMARTS) is 2. The SMILES string of the molecule is CCCSCCC(NC(=O)C=CC(=O)O)C(=O)O. The molecule has 0 aliphatic carbocycles. The predicted molar refractivity (Wildman–Crippen MR) is 68.6 cm³/mol. The van der Waals surface area contributed by atoms with Gasteiger partial charge in [0.2, 0.25) is 5.91 Å². The van der Waals surface area contributed by atoms with Gasteiger partial charge in [0.15, 0.2) is 0 Å². The van der Waals surface area contributed by atoms with Crippen molar-refractivity contribution in [3.63, 3.8) is 0 Å². The van der Waals surface area contributed by atoms with Crippen molar-refractivity contribution in [2.75, 3.05) is 11.5 Å². The number of thioether (sulfide) groups is 1. The molecule has 0 aliphatic rings. The van der Waals surface area contributed by atoms with Crippen molar-refractivity contribution in [1.29, 1.82) is 0 Å².